The number of carbonyl (C=O) groups is 11. The predicted molar refractivity (Wildman–Crippen MR) is 376 cm³/mol. The van der Waals surface area contributed by atoms with Crippen LogP contribution in [0.3, 0.4) is 0 Å². The van der Waals surface area contributed by atoms with E-state index >= 15 is 0 Å². The first-order chi connectivity index (χ1) is 47.8. The molecule has 11 amide bonds. The molecule has 548 valence electrons. The van der Waals surface area contributed by atoms with Gasteiger partial charge in [-0.2, -0.15) is 0 Å². The van der Waals surface area contributed by atoms with Gasteiger partial charge in [-0.1, -0.05) is 102 Å². The number of hydrogen-bond donors (Lipinski definition) is 19. The number of hydrogen-bond acceptors (Lipinski definition) is 17. The number of carbonyl (C=O) groups excluding carboxylic acids is 11. The first-order valence-electron chi connectivity index (χ1n) is 34.4. The van der Waals surface area contributed by atoms with Crippen molar-refractivity contribution in [2.24, 2.45) is 34.8 Å². The standard InChI is InChI=1S/C70H104N16O14/c1-6-41(4)60(62(74)92)85-70(100)61(42(5)88)86-68(98)56(35-45-37-76-50-21-13-11-19-48(45)50)83-64(94)52(23-15-31-72)78-59(91)38-77-63(93)51(22-14-30-71)80-65(95)53(24-16-32-73)81-67(97)55(34-44-36-75-49-20-12-10-18-47(44)49)84-66(96)54(33-43-26-28-46(89)29-27-43)82-69(99)57(39-87)79-58(90)25-9-7-8-17-40(2)3/h10-13,18-21,26-29,36-37,40-42,51-57,60-61,75-76,87-89H,6-9,14-17,22-25,30-35,38-39,71-73H2,1-5H3,(H2,74,92)(H,77,93)(H,78,91)(H,79,90)(H,80,95)(H,81,97)(H,82,99)(H,83,94)(H,84,96)(H,85,100)(H,86,98)/t41-,42+,51-,52+,53+,54+,55+,56-,57+,60-,61-/m0/s1. The quantitative estimate of drug-likeness (QED) is 0.0220. The maximum atomic E-state index is 14.9. The van der Waals surface area contributed by atoms with Crippen LogP contribution in [0.15, 0.2) is 85.2 Å². The molecule has 0 aliphatic carbocycles. The number of nitrogens with two attached hydrogens (primary N) is 4. The van der Waals surface area contributed by atoms with E-state index in [1.54, 1.807) is 68.7 Å². The van der Waals surface area contributed by atoms with Crippen molar-refractivity contribution in [1.82, 2.24) is 63.1 Å². The molecular weight excluding hydrogens is 1290 g/mol. The van der Waals surface area contributed by atoms with Crippen LogP contribution in [-0.4, -0.2) is 184 Å². The van der Waals surface area contributed by atoms with Crippen LogP contribution in [0.25, 0.3) is 21.8 Å². The molecule has 2 aromatic heterocycles. The molecule has 23 N–H and O–H groups in total. The molecule has 30 nitrogen and oxygen atoms in total. The van der Waals surface area contributed by atoms with Gasteiger partial charge in [-0.05, 0) is 124 Å². The van der Waals surface area contributed by atoms with E-state index < -0.39 is 145 Å². The summed E-state index contributed by atoms with van der Waals surface area (Å²) >= 11 is 0. The van der Waals surface area contributed by atoms with Crippen molar-refractivity contribution in [2.75, 3.05) is 32.8 Å². The number of aromatic amines is 2. The second-order valence-corrected chi connectivity index (χ2v) is 25.7. The van der Waals surface area contributed by atoms with E-state index in [4.69, 9.17) is 22.9 Å². The van der Waals surface area contributed by atoms with Gasteiger partial charge < -0.3 is 101 Å². The van der Waals surface area contributed by atoms with E-state index in [-0.39, 0.29) is 89.6 Å². The Morgan fingerprint density at radius 2 is 0.890 bits per heavy atom. The third-order valence-corrected chi connectivity index (χ3v) is 17.3. The van der Waals surface area contributed by atoms with Crippen molar-refractivity contribution >= 4 is 86.8 Å². The number of fused-ring (bicyclic) bond motifs is 2. The lowest BCUT2D eigenvalue weighted by Gasteiger charge is -2.28. The highest BCUT2D eigenvalue weighted by molar-refractivity contribution is 5.99. The number of aliphatic hydroxyl groups excluding tert-OH is 2. The van der Waals surface area contributed by atoms with Gasteiger partial charge >= 0.3 is 0 Å². The molecule has 0 fully saturated rings. The summed E-state index contributed by atoms with van der Waals surface area (Å²) in [5.41, 5.74) is 26.4. The molecule has 5 aromatic rings. The average Bonchev–Trinajstić information content (AvgIpc) is 1.60. The minimum Gasteiger partial charge on any atom is -0.508 e. The highest BCUT2D eigenvalue weighted by atomic mass is 16.3. The summed E-state index contributed by atoms with van der Waals surface area (Å²) in [6.45, 7) is 7.62. The number of aromatic nitrogens is 2. The first-order valence-corrected chi connectivity index (χ1v) is 34.4. The Balaban J connectivity index is 1.34. The Morgan fingerprint density at radius 1 is 0.460 bits per heavy atom. The van der Waals surface area contributed by atoms with Gasteiger partial charge in [0.2, 0.25) is 65.0 Å². The number of para-hydroxylation sites is 2. The van der Waals surface area contributed by atoms with Gasteiger partial charge in [0.1, 0.15) is 60.1 Å². The van der Waals surface area contributed by atoms with Gasteiger partial charge in [-0.25, -0.2) is 0 Å². The topological polar surface area (TPSA) is 504 Å². The minimum atomic E-state index is -1.62. The van der Waals surface area contributed by atoms with Crippen LogP contribution in [0.5, 0.6) is 5.75 Å². The lowest BCUT2D eigenvalue weighted by molar-refractivity contribution is -0.136. The van der Waals surface area contributed by atoms with Crippen molar-refractivity contribution in [3.63, 3.8) is 0 Å². The van der Waals surface area contributed by atoms with Crippen LogP contribution in [0.1, 0.15) is 128 Å². The van der Waals surface area contributed by atoms with Crippen LogP contribution < -0.4 is 76.1 Å². The number of aliphatic hydroxyl groups is 2. The van der Waals surface area contributed by atoms with Gasteiger partial charge in [0, 0.05) is 59.9 Å². The second kappa shape index (κ2) is 41.8. The molecule has 0 saturated carbocycles. The van der Waals surface area contributed by atoms with Gasteiger partial charge in [0.15, 0.2) is 0 Å². The molecule has 0 aliphatic rings. The predicted octanol–water partition coefficient (Wildman–Crippen LogP) is -0.410. The zero-order valence-electron chi connectivity index (χ0n) is 57.8. The molecule has 100 heavy (non-hydrogen) atoms. The number of amides is 11. The molecule has 0 saturated heterocycles. The largest absolute Gasteiger partial charge is 0.508 e. The number of unbranched alkanes of at least 4 members (excludes halogenated alkanes) is 2. The van der Waals surface area contributed by atoms with E-state index in [2.05, 4.69) is 77.0 Å². The summed E-state index contributed by atoms with van der Waals surface area (Å²) in [4.78, 5) is 160. The van der Waals surface area contributed by atoms with Crippen molar-refractivity contribution < 1.29 is 68.1 Å². The molecule has 0 bridgehead atoms. The number of primary amides is 1. The van der Waals surface area contributed by atoms with Crippen molar-refractivity contribution in [3.8, 4) is 5.75 Å². The summed E-state index contributed by atoms with van der Waals surface area (Å²) in [7, 11) is 0. The Bertz CT molecular complexity index is 3510. The molecule has 0 spiro atoms. The fraction of sp³-hybridized carbons (Fsp3) is 0.529. The van der Waals surface area contributed by atoms with Crippen LogP contribution in [0.4, 0.5) is 0 Å². The van der Waals surface area contributed by atoms with E-state index in [0.29, 0.717) is 57.3 Å². The molecule has 3 aromatic carbocycles. The average molecular weight is 1390 g/mol. The third-order valence-electron chi connectivity index (χ3n) is 17.3. The van der Waals surface area contributed by atoms with Crippen LogP contribution >= 0.6 is 0 Å². The molecule has 0 radical (unpaired) electrons. The maximum absolute atomic E-state index is 14.9. The number of H-pyrrole nitrogens is 2. The lowest BCUT2D eigenvalue weighted by Crippen LogP contribution is -2.61. The molecular formula is C70H104N16O14. The van der Waals surface area contributed by atoms with Gasteiger partial charge in [-0.15, -0.1) is 0 Å². The molecule has 30 heteroatoms. The van der Waals surface area contributed by atoms with E-state index in [0.717, 1.165) is 19.3 Å². The number of phenolic OH excluding ortho intramolecular Hbond substituents is 1. The first kappa shape index (κ1) is 81.2. The number of rotatable bonds is 45. The van der Waals surface area contributed by atoms with Crippen LogP contribution in [0.2, 0.25) is 0 Å². The van der Waals surface area contributed by atoms with Gasteiger partial charge in [0.25, 0.3) is 0 Å². The van der Waals surface area contributed by atoms with Gasteiger partial charge in [-0.3, -0.25) is 52.7 Å². The highest BCUT2D eigenvalue weighted by Gasteiger charge is 2.37. The van der Waals surface area contributed by atoms with Crippen molar-refractivity contribution in [3.05, 3.63) is 102 Å². The molecule has 2 heterocycles. The molecule has 11 atom stereocenters. The van der Waals surface area contributed by atoms with E-state index in [1.807, 2.05) is 6.07 Å². The number of phenols is 1. The second-order valence-electron chi connectivity index (χ2n) is 25.7. The highest BCUT2D eigenvalue weighted by Crippen LogP contribution is 2.22. The number of nitrogens with one attached hydrogen (secondary N) is 12. The Hall–Kier alpha value is -9.49. The molecule has 5 rings (SSSR count). The summed E-state index contributed by atoms with van der Waals surface area (Å²) < 4.78 is 0. The Morgan fingerprint density at radius 3 is 1.36 bits per heavy atom. The summed E-state index contributed by atoms with van der Waals surface area (Å²) in [5.74, 6) is -9.15. The smallest absolute Gasteiger partial charge is 0.245 e. The SMILES string of the molecule is CC[C@H](C)[C@H](NC(=O)[C@@H](NC(=O)[C@H](Cc1c[nH]c2ccccc12)NC(=O)[C@@H](CCCN)NC(=O)CNC(=O)[C@H](CCCN)NC(=O)[C@@H](CCCN)NC(=O)[C@@H](Cc1c[nH]c2ccccc12)NC(=O)[C@@H](Cc1ccc(O)cc1)NC(=O)[C@@H](CO)NC(=O)CCCCCC(C)C)[C@@H](C)O)C(N)=O. The fourth-order valence-electron chi connectivity index (χ4n) is 11.3. The third kappa shape index (κ3) is 26.0. The van der Waals surface area contributed by atoms with Crippen molar-refractivity contribution in [2.45, 2.75) is 191 Å². The molecule has 0 unspecified atom stereocenters. The van der Waals surface area contributed by atoms with Crippen LogP contribution in [-0.2, 0) is 72.0 Å². The number of aromatic hydroxyl groups is 1. The van der Waals surface area contributed by atoms with Gasteiger partial charge in [0.05, 0.1) is 19.3 Å². The normalized spacial score (nSPS) is 14.7. The Kier molecular flexibility index (Phi) is 33.9. The maximum Gasteiger partial charge on any atom is 0.245 e. The Labute approximate surface area is 582 Å². The monoisotopic (exact) mass is 1390 g/mol. The fourth-order valence-corrected chi connectivity index (χ4v) is 11.3. The zero-order chi connectivity index (χ0) is 73.4. The minimum absolute atomic E-state index is 0.0500. The summed E-state index contributed by atoms with van der Waals surface area (Å²) in [6.07, 6.45) is 5.50. The number of benzene rings is 3. The lowest BCUT2D eigenvalue weighted by atomic mass is 9.97. The molecule has 0 aliphatic heterocycles. The summed E-state index contributed by atoms with van der Waals surface area (Å²) in [6, 6.07) is 7.50. The summed E-state index contributed by atoms with van der Waals surface area (Å²) in [5, 5.41) is 58.8. The zero-order valence-corrected chi connectivity index (χ0v) is 57.8. The van der Waals surface area contributed by atoms with E-state index in [1.165, 1.54) is 31.2 Å². The van der Waals surface area contributed by atoms with Crippen molar-refractivity contribution in [1.29, 1.82) is 0 Å². The van der Waals surface area contributed by atoms with Crippen LogP contribution in [0, 0.1) is 11.8 Å². The van der Waals surface area contributed by atoms with E-state index in [9.17, 15) is 68.1 Å².